The number of phenolic OH excluding ortho intramolecular Hbond substituents is 1. The number of amides is 1. The number of aromatic hydroxyl groups is 1. The molecule has 1 aromatic rings. The second-order valence-electron chi connectivity index (χ2n) is 5.52. The second-order valence-corrected chi connectivity index (χ2v) is 7.12. The third-order valence-corrected chi connectivity index (χ3v) is 5.09. The van der Waals surface area contributed by atoms with Crippen LogP contribution in [0.2, 0.25) is 0 Å². The summed E-state index contributed by atoms with van der Waals surface area (Å²) in [7, 11) is -3.88. The van der Waals surface area contributed by atoms with Crippen LogP contribution in [0.15, 0.2) is 18.2 Å². The van der Waals surface area contributed by atoms with Gasteiger partial charge in [0.25, 0.3) is 5.91 Å². The summed E-state index contributed by atoms with van der Waals surface area (Å²) in [6.07, 6.45) is 6.68. The van der Waals surface area contributed by atoms with Gasteiger partial charge >= 0.3 is 10.2 Å². The van der Waals surface area contributed by atoms with Gasteiger partial charge in [0.05, 0.1) is 5.69 Å². The maximum atomic E-state index is 11.8. The first-order valence-corrected chi connectivity index (χ1v) is 9.03. The number of benzene rings is 1. The highest BCUT2D eigenvalue weighted by Crippen LogP contribution is 2.31. The van der Waals surface area contributed by atoms with E-state index in [0.717, 1.165) is 29.1 Å². The minimum atomic E-state index is -3.88. The molecule has 22 heavy (non-hydrogen) atoms. The minimum absolute atomic E-state index is 0.119. The zero-order chi connectivity index (χ0) is 16.2. The van der Waals surface area contributed by atoms with Gasteiger partial charge in [0, 0.05) is 0 Å². The van der Waals surface area contributed by atoms with Gasteiger partial charge in [-0.2, -0.15) is 8.42 Å². The van der Waals surface area contributed by atoms with E-state index in [2.05, 4.69) is 6.92 Å². The summed E-state index contributed by atoms with van der Waals surface area (Å²) in [4.78, 5) is 11.2. The lowest BCUT2D eigenvalue weighted by atomic mass is 10.0. The van der Waals surface area contributed by atoms with Crippen LogP contribution in [0.25, 0.3) is 0 Å². The Morgan fingerprint density at radius 1 is 1.23 bits per heavy atom. The number of carbonyl (C=O) groups excluding carboxylic acids is 1. The molecule has 1 amide bonds. The molecule has 0 radical (unpaired) electrons. The maximum Gasteiger partial charge on any atom is 0.326 e. The number of hydrogen-bond donors (Lipinski definition) is 2. The Morgan fingerprint density at radius 2 is 1.95 bits per heavy atom. The summed E-state index contributed by atoms with van der Waals surface area (Å²) >= 11 is 0. The molecule has 1 fully saturated rings. The molecule has 2 rings (SSSR count). The Balaban J connectivity index is 2.02. The van der Waals surface area contributed by atoms with Gasteiger partial charge in [0.2, 0.25) is 0 Å². The van der Waals surface area contributed by atoms with Crippen LogP contribution in [-0.4, -0.2) is 26.0 Å². The van der Waals surface area contributed by atoms with Crippen LogP contribution in [-0.2, 0) is 21.4 Å². The molecule has 0 spiro atoms. The number of anilines is 1. The number of aryl methyl sites for hydroxylation is 1. The molecule has 0 atom stereocenters. The zero-order valence-corrected chi connectivity index (χ0v) is 13.5. The molecule has 122 valence electrons. The fourth-order valence-electron chi connectivity index (χ4n) is 2.53. The van der Waals surface area contributed by atoms with Crippen molar-refractivity contribution in [1.82, 2.24) is 4.72 Å². The van der Waals surface area contributed by atoms with Crippen molar-refractivity contribution in [3.05, 3.63) is 23.8 Å². The van der Waals surface area contributed by atoms with Crippen LogP contribution in [0.5, 0.6) is 5.75 Å². The van der Waals surface area contributed by atoms with E-state index in [0.29, 0.717) is 0 Å². The number of rotatable bonds is 7. The van der Waals surface area contributed by atoms with Crippen molar-refractivity contribution in [3.63, 3.8) is 0 Å². The number of nitrogens with one attached hydrogen (secondary N) is 1. The summed E-state index contributed by atoms with van der Waals surface area (Å²) in [6, 6.07) is 4.93. The SMILES string of the molecule is CCCCCCCc1ccc(N2CC(=O)NS2(=O)=O)c(O)c1. The normalized spacial score (nSPS) is 16.8. The predicted molar refractivity (Wildman–Crippen MR) is 85.0 cm³/mol. The molecular weight excluding hydrogens is 304 g/mol. The topological polar surface area (TPSA) is 86.7 Å². The standard InChI is InChI=1S/C15H22N2O4S/c1-2-3-4-5-6-7-12-8-9-13(14(18)10-12)17-11-15(19)16-22(17,20)21/h8-10,18H,2-7,11H2,1H3,(H,16,19). The highest BCUT2D eigenvalue weighted by molar-refractivity contribution is 7.92. The molecule has 7 heteroatoms. The molecule has 1 saturated heterocycles. The van der Waals surface area contributed by atoms with E-state index in [1.54, 1.807) is 18.2 Å². The van der Waals surface area contributed by atoms with E-state index in [1.807, 2.05) is 4.72 Å². The Kier molecular flexibility index (Phi) is 5.28. The lowest BCUT2D eigenvalue weighted by molar-refractivity contribution is -0.117. The number of nitrogens with zero attached hydrogens (tertiary/aromatic N) is 1. The molecule has 0 unspecified atom stereocenters. The lowest BCUT2D eigenvalue weighted by Crippen LogP contribution is -2.29. The molecule has 0 aliphatic carbocycles. The van der Waals surface area contributed by atoms with Crippen LogP contribution in [0, 0.1) is 0 Å². The molecule has 2 N–H and O–H groups in total. The molecule has 6 nitrogen and oxygen atoms in total. The molecule has 1 aliphatic heterocycles. The van der Waals surface area contributed by atoms with E-state index in [-0.39, 0.29) is 18.0 Å². The van der Waals surface area contributed by atoms with Crippen LogP contribution < -0.4 is 9.03 Å². The molecule has 1 aliphatic rings. The summed E-state index contributed by atoms with van der Waals surface area (Å²) in [6.45, 7) is 1.87. The zero-order valence-electron chi connectivity index (χ0n) is 12.7. The van der Waals surface area contributed by atoms with Crippen molar-refractivity contribution >= 4 is 21.8 Å². The monoisotopic (exact) mass is 326 g/mol. The molecule has 1 heterocycles. The molecule has 0 bridgehead atoms. The van der Waals surface area contributed by atoms with Gasteiger partial charge in [0.1, 0.15) is 12.3 Å². The first-order chi connectivity index (χ1) is 10.4. The lowest BCUT2D eigenvalue weighted by Gasteiger charge is -2.16. The number of hydrogen-bond acceptors (Lipinski definition) is 4. The summed E-state index contributed by atoms with van der Waals surface area (Å²) in [5.41, 5.74) is 1.10. The minimum Gasteiger partial charge on any atom is -0.506 e. The highest BCUT2D eigenvalue weighted by Gasteiger charge is 2.35. The van der Waals surface area contributed by atoms with Crippen LogP contribution in [0.4, 0.5) is 5.69 Å². The van der Waals surface area contributed by atoms with Crippen molar-refractivity contribution in [2.24, 2.45) is 0 Å². The smallest absolute Gasteiger partial charge is 0.326 e. The van der Waals surface area contributed by atoms with Gasteiger partial charge in [-0.1, -0.05) is 38.7 Å². The van der Waals surface area contributed by atoms with E-state index >= 15 is 0 Å². The van der Waals surface area contributed by atoms with E-state index in [4.69, 9.17) is 0 Å². The summed E-state index contributed by atoms with van der Waals surface area (Å²) < 4.78 is 26.3. The number of unbranched alkanes of at least 4 members (excludes halogenated alkanes) is 4. The van der Waals surface area contributed by atoms with Gasteiger partial charge in [0.15, 0.2) is 0 Å². The van der Waals surface area contributed by atoms with Gasteiger partial charge in [-0.3, -0.25) is 4.79 Å². The first-order valence-electron chi connectivity index (χ1n) is 7.59. The van der Waals surface area contributed by atoms with E-state index in [9.17, 15) is 18.3 Å². The quantitative estimate of drug-likeness (QED) is 0.751. The van der Waals surface area contributed by atoms with Gasteiger partial charge in [-0.15, -0.1) is 0 Å². The van der Waals surface area contributed by atoms with Crippen molar-refractivity contribution in [2.75, 3.05) is 10.8 Å². The first kappa shape index (κ1) is 16.6. The van der Waals surface area contributed by atoms with Gasteiger partial charge in [-0.05, 0) is 30.5 Å². The molecule has 0 saturated carbocycles. The average molecular weight is 326 g/mol. The van der Waals surface area contributed by atoms with E-state index in [1.165, 1.54) is 19.3 Å². The fraction of sp³-hybridized carbons (Fsp3) is 0.533. The van der Waals surface area contributed by atoms with Crippen LogP contribution in [0.3, 0.4) is 0 Å². The van der Waals surface area contributed by atoms with Crippen molar-refractivity contribution in [3.8, 4) is 5.75 Å². The number of carbonyl (C=O) groups is 1. The van der Waals surface area contributed by atoms with Gasteiger partial charge in [-0.25, -0.2) is 9.03 Å². The van der Waals surface area contributed by atoms with Crippen molar-refractivity contribution in [2.45, 2.75) is 45.4 Å². The van der Waals surface area contributed by atoms with Gasteiger partial charge < -0.3 is 5.11 Å². The predicted octanol–water partition coefficient (Wildman–Crippen LogP) is 2.09. The molecule has 1 aromatic carbocycles. The second kappa shape index (κ2) is 7.00. The molecular formula is C15H22N2O4S. The third kappa shape index (κ3) is 3.91. The largest absolute Gasteiger partial charge is 0.506 e. The van der Waals surface area contributed by atoms with Crippen LogP contribution in [0.1, 0.15) is 44.6 Å². The average Bonchev–Trinajstić information content (AvgIpc) is 2.71. The third-order valence-electron chi connectivity index (χ3n) is 3.70. The Labute approximate surface area is 131 Å². The number of phenols is 1. The highest BCUT2D eigenvalue weighted by atomic mass is 32.2. The van der Waals surface area contributed by atoms with E-state index < -0.39 is 16.1 Å². The maximum absolute atomic E-state index is 11.8. The van der Waals surface area contributed by atoms with Crippen LogP contribution >= 0.6 is 0 Å². The summed E-state index contributed by atoms with van der Waals surface area (Å²) in [5.74, 6) is -0.717. The molecule has 0 aromatic heterocycles. The van der Waals surface area contributed by atoms with Crippen molar-refractivity contribution < 1.29 is 18.3 Å². The fourth-order valence-corrected chi connectivity index (χ4v) is 3.69. The summed E-state index contributed by atoms with van der Waals surface area (Å²) in [5, 5.41) is 10.1. The van der Waals surface area contributed by atoms with Crippen molar-refractivity contribution in [1.29, 1.82) is 0 Å². The Bertz CT molecular complexity index is 643. The Morgan fingerprint density at radius 3 is 2.55 bits per heavy atom. The Hall–Kier alpha value is -1.76.